The fraction of sp³-hybridized carbons (Fsp3) is 0.174. The van der Waals surface area contributed by atoms with E-state index >= 15 is 0 Å². The Hall–Kier alpha value is -3.34. The minimum atomic E-state index is -0.521. The maximum atomic E-state index is 14.6. The number of hydrogen-bond acceptors (Lipinski definition) is 3. The van der Waals surface area contributed by atoms with E-state index in [1.165, 1.54) is 13.2 Å². The first-order valence-electron chi connectivity index (χ1n) is 8.91. The van der Waals surface area contributed by atoms with Gasteiger partial charge in [0.1, 0.15) is 5.82 Å². The van der Waals surface area contributed by atoms with Crippen LogP contribution in [0, 0.1) is 5.82 Å². The number of rotatable bonds is 6. The number of halogens is 1. The molecule has 0 aliphatic rings. The fourth-order valence-corrected chi connectivity index (χ4v) is 2.97. The standard InChI is InChI=1S/C23H22FNO3/c1-15(23(26)25-18-10-12-21(27-2)22(14-18)28-3)17-9-11-19(20(24)13-17)16-7-5-4-6-8-16/h4-15H,1-3H3,(H,25,26). The maximum absolute atomic E-state index is 14.6. The van der Waals surface area contributed by atoms with E-state index in [0.29, 0.717) is 28.3 Å². The summed E-state index contributed by atoms with van der Waals surface area (Å²) in [5.74, 6) is -0.0145. The zero-order chi connectivity index (χ0) is 20.1. The van der Waals surface area contributed by atoms with Gasteiger partial charge in [-0.3, -0.25) is 4.79 Å². The summed E-state index contributed by atoms with van der Waals surface area (Å²) in [6.07, 6.45) is 0. The van der Waals surface area contributed by atoms with Gasteiger partial charge in [-0.1, -0.05) is 42.5 Å². The van der Waals surface area contributed by atoms with Crippen molar-refractivity contribution in [2.24, 2.45) is 0 Å². The van der Waals surface area contributed by atoms with Gasteiger partial charge >= 0.3 is 0 Å². The zero-order valence-corrected chi connectivity index (χ0v) is 16.0. The number of nitrogens with one attached hydrogen (secondary N) is 1. The summed E-state index contributed by atoms with van der Waals surface area (Å²) in [6.45, 7) is 1.74. The Morgan fingerprint density at radius 1 is 0.929 bits per heavy atom. The van der Waals surface area contributed by atoms with Gasteiger partial charge in [0.15, 0.2) is 11.5 Å². The van der Waals surface area contributed by atoms with E-state index in [4.69, 9.17) is 9.47 Å². The van der Waals surface area contributed by atoms with Crippen molar-refractivity contribution < 1.29 is 18.7 Å². The van der Waals surface area contributed by atoms with E-state index in [1.54, 1.807) is 44.4 Å². The van der Waals surface area contributed by atoms with Crippen molar-refractivity contribution in [3.8, 4) is 22.6 Å². The van der Waals surface area contributed by atoms with Gasteiger partial charge in [0.05, 0.1) is 20.1 Å². The molecule has 0 saturated carbocycles. The third-order valence-electron chi connectivity index (χ3n) is 4.62. The SMILES string of the molecule is COc1ccc(NC(=O)C(C)c2ccc(-c3ccccc3)c(F)c2)cc1OC. The van der Waals surface area contributed by atoms with E-state index in [1.807, 2.05) is 30.3 Å². The van der Waals surface area contributed by atoms with Crippen molar-refractivity contribution in [2.45, 2.75) is 12.8 Å². The van der Waals surface area contributed by atoms with Crippen molar-refractivity contribution in [2.75, 3.05) is 19.5 Å². The van der Waals surface area contributed by atoms with Gasteiger partial charge in [0.2, 0.25) is 5.91 Å². The number of carbonyl (C=O) groups is 1. The number of carbonyl (C=O) groups excluding carboxylic acids is 1. The molecule has 3 aromatic rings. The molecule has 0 radical (unpaired) electrons. The van der Waals surface area contributed by atoms with Crippen LogP contribution in [-0.2, 0) is 4.79 Å². The molecule has 0 saturated heterocycles. The van der Waals surface area contributed by atoms with E-state index in [9.17, 15) is 9.18 Å². The monoisotopic (exact) mass is 379 g/mol. The molecule has 1 N–H and O–H groups in total. The Labute approximate surface area is 163 Å². The summed E-state index contributed by atoms with van der Waals surface area (Å²) in [4.78, 5) is 12.6. The van der Waals surface area contributed by atoms with E-state index in [-0.39, 0.29) is 11.7 Å². The maximum Gasteiger partial charge on any atom is 0.231 e. The molecular formula is C23H22FNO3. The van der Waals surface area contributed by atoms with Crippen LogP contribution in [0.2, 0.25) is 0 Å². The Bertz CT molecular complexity index is 973. The van der Waals surface area contributed by atoms with Crippen LogP contribution in [0.1, 0.15) is 18.4 Å². The second kappa shape index (κ2) is 8.57. The predicted molar refractivity (Wildman–Crippen MR) is 108 cm³/mol. The summed E-state index contributed by atoms with van der Waals surface area (Å²) in [6, 6.07) is 19.4. The van der Waals surface area contributed by atoms with Crippen molar-refractivity contribution in [3.05, 3.63) is 78.1 Å². The lowest BCUT2D eigenvalue weighted by Gasteiger charge is -2.15. The second-order valence-electron chi connectivity index (χ2n) is 6.39. The average molecular weight is 379 g/mol. The van der Waals surface area contributed by atoms with Gasteiger partial charge in [0.25, 0.3) is 0 Å². The van der Waals surface area contributed by atoms with E-state index in [2.05, 4.69) is 5.32 Å². The summed E-state index contributed by atoms with van der Waals surface area (Å²) < 4.78 is 25.0. The molecule has 0 aliphatic heterocycles. The topological polar surface area (TPSA) is 47.6 Å². The van der Waals surface area contributed by atoms with Crippen LogP contribution in [0.5, 0.6) is 11.5 Å². The van der Waals surface area contributed by atoms with Crippen LogP contribution in [-0.4, -0.2) is 20.1 Å². The quantitative estimate of drug-likeness (QED) is 0.636. The summed E-state index contributed by atoms with van der Waals surface area (Å²) in [5.41, 5.74) is 2.50. The molecule has 0 fully saturated rings. The third kappa shape index (κ3) is 4.14. The number of ether oxygens (including phenoxy) is 2. The molecule has 5 heteroatoms. The van der Waals surface area contributed by atoms with Crippen LogP contribution in [0.25, 0.3) is 11.1 Å². The fourth-order valence-electron chi connectivity index (χ4n) is 2.97. The van der Waals surface area contributed by atoms with Gasteiger partial charge in [-0.05, 0) is 36.2 Å². The molecule has 28 heavy (non-hydrogen) atoms. The Kier molecular flexibility index (Phi) is 5.94. The molecule has 4 nitrogen and oxygen atoms in total. The molecule has 1 unspecified atom stereocenters. The molecule has 3 aromatic carbocycles. The van der Waals surface area contributed by atoms with Crippen LogP contribution in [0.3, 0.4) is 0 Å². The lowest BCUT2D eigenvalue weighted by Crippen LogP contribution is -2.19. The van der Waals surface area contributed by atoms with Crippen molar-refractivity contribution in [1.82, 2.24) is 0 Å². The first-order valence-corrected chi connectivity index (χ1v) is 8.91. The van der Waals surface area contributed by atoms with Gasteiger partial charge in [-0.15, -0.1) is 0 Å². The Balaban J connectivity index is 1.77. The number of benzene rings is 3. The predicted octanol–water partition coefficient (Wildman–Crippen LogP) is 5.25. The van der Waals surface area contributed by atoms with E-state index < -0.39 is 5.92 Å². The summed E-state index contributed by atoms with van der Waals surface area (Å²) in [5, 5.41) is 2.84. The van der Waals surface area contributed by atoms with Crippen LogP contribution >= 0.6 is 0 Å². The Morgan fingerprint density at radius 3 is 2.29 bits per heavy atom. The van der Waals surface area contributed by atoms with Crippen molar-refractivity contribution in [1.29, 1.82) is 0 Å². The number of methoxy groups -OCH3 is 2. The third-order valence-corrected chi connectivity index (χ3v) is 4.62. The molecule has 0 aliphatic carbocycles. The van der Waals surface area contributed by atoms with Crippen molar-refractivity contribution >= 4 is 11.6 Å². The smallest absolute Gasteiger partial charge is 0.231 e. The number of amides is 1. The molecule has 0 spiro atoms. The first kappa shape index (κ1) is 19.4. The highest BCUT2D eigenvalue weighted by atomic mass is 19.1. The Morgan fingerprint density at radius 2 is 1.64 bits per heavy atom. The van der Waals surface area contributed by atoms with Gasteiger partial charge in [-0.25, -0.2) is 4.39 Å². The molecule has 1 amide bonds. The minimum Gasteiger partial charge on any atom is -0.493 e. The lowest BCUT2D eigenvalue weighted by atomic mass is 9.96. The van der Waals surface area contributed by atoms with Gasteiger partial charge in [-0.2, -0.15) is 0 Å². The highest BCUT2D eigenvalue weighted by molar-refractivity contribution is 5.96. The average Bonchev–Trinajstić information content (AvgIpc) is 2.73. The van der Waals surface area contributed by atoms with Gasteiger partial charge in [0, 0.05) is 17.3 Å². The molecule has 3 rings (SSSR count). The van der Waals surface area contributed by atoms with Gasteiger partial charge < -0.3 is 14.8 Å². The highest BCUT2D eigenvalue weighted by Gasteiger charge is 2.18. The zero-order valence-electron chi connectivity index (χ0n) is 16.0. The molecule has 0 heterocycles. The molecule has 0 aromatic heterocycles. The second-order valence-corrected chi connectivity index (χ2v) is 6.39. The molecule has 0 bridgehead atoms. The number of anilines is 1. The van der Waals surface area contributed by atoms with Crippen LogP contribution in [0.15, 0.2) is 66.7 Å². The largest absolute Gasteiger partial charge is 0.493 e. The van der Waals surface area contributed by atoms with E-state index in [0.717, 1.165) is 5.56 Å². The molecule has 1 atom stereocenters. The molecular weight excluding hydrogens is 357 g/mol. The summed E-state index contributed by atoms with van der Waals surface area (Å²) >= 11 is 0. The van der Waals surface area contributed by atoms with Crippen LogP contribution in [0.4, 0.5) is 10.1 Å². The van der Waals surface area contributed by atoms with Crippen molar-refractivity contribution in [3.63, 3.8) is 0 Å². The normalized spacial score (nSPS) is 11.6. The highest BCUT2D eigenvalue weighted by Crippen LogP contribution is 2.31. The minimum absolute atomic E-state index is 0.237. The molecule has 144 valence electrons. The lowest BCUT2D eigenvalue weighted by molar-refractivity contribution is -0.117. The first-order chi connectivity index (χ1) is 13.5. The number of hydrogen-bond donors (Lipinski definition) is 1. The van der Waals surface area contributed by atoms with Crippen LogP contribution < -0.4 is 14.8 Å². The summed E-state index contributed by atoms with van der Waals surface area (Å²) in [7, 11) is 3.08.